The second kappa shape index (κ2) is 6.29. The highest BCUT2D eigenvalue weighted by atomic mass is 79.9. The monoisotopic (exact) mass is 283 g/mol. The van der Waals surface area contributed by atoms with Gasteiger partial charge in [0.2, 0.25) is 0 Å². The second-order valence-corrected chi connectivity index (χ2v) is 5.30. The van der Waals surface area contributed by atoms with Crippen molar-refractivity contribution >= 4 is 21.6 Å². The molecular weight excluding hydrogens is 262 g/mol. The maximum atomic E-state index is 3.58. The zero-order chi connectivity index (χ0) is 12.1. The molecule has 2 heteroatoms. The average molecular weight is 284 g/mol. The molecule has 1 atom stereocenters. The number of aryl methyl sites for hydroxylation is 2. The third-order valence-corrected chi connectivity index (χ3v) is 3.89. The first-order valence-electron chi connectivity index (χ1n) is 5.92. The SMILES string of the molecule is CCC(CBr)CN(C)c1cc(C)cc(C)c1. The predicted molar refractivity (Wildman–Crippen MR) is 76.8 cm³/mol. The highest BCUT2D eigenvalue weighted by molar-refractivity contribution is 9.09. The molecule has 0 aliphatic heterocycles. The van der Waals surface area contributed by atoms with E-state index in [1.165, 1.54) is 23.2 Å². The number of hydrogen-bond acceptors (Lipinski definition) is 1. The molecule has 0 radical (unpaired) electrons. The number of hydrogen-bond donors (Lipinski definition) is 0. The van der Waals surface area contributed by atoms with Crippen LogP contribution in [-0.2, 0) is 0 Å². The summed E-state index contributed by atoms with van der Waals surface area (Å²) >= 11 is 3.58. The Labute approximate surface area is 108 Å². The Kier molecular flexibility index (Phi) is 5.33. The Morgan fingerprint density at radius 1 is 1.19 bits per heavy atom. The maximum Gasteiger partial charge on any atom is 0.0369 e. The number of benzene rings is 1. The minimum Gasteiger partial charge on any atom is -0.374 e. The zero-order valence-corrected chi connectivity index (χ0v) is 12.3. The van der Waals surface area contributed by atoms with E-state index < -0.39 is 0 Å². The van der Waals surface area contributed by atoms with Crippen LogP contribution in [0.5, 0.6) is 0 Å². The molecule has 0 heterocycles. The lowest BCUT2D eigenvalue weighted by molar-refractivity contribution is 0.572. The van der Waals surface area contributed by atoms with Gasteiger partial charge in [-0.1, -0.05) is 35.3 Å². The van der Waals surface area contributed by atoms with Crippen LogP contribution in [0.25, 0.3) is 0 Å². The smallest absolute Gasteiger partial charge is 0.0369 e. The predicted octanol–water partition coefficient (Wildman–Crippen LogP) is 4.16. The first kappa shape index (κ1) is 13.6. The fourth-order valence-electron chi connectivity index (χ4n) is 1.95. The Hall–Kier alpha value is -0.500. The summed E-state index contributed by atoms with van der Waals surface area (Å²) in [6, 6.07) is 6.74. The van der Waals surface area contributed by atoms with Gasteiger partial charge in [-0.25, -0.2) is 0 Å². The van der Waals surface area contributed by atoms with E-state index in [1.807, 2.05) is 0 Å². The number of alkyl halides is 1. The van der Waals surface area contributed by atoms with Crippen molar-refractivity contribution in [1.82, 2.24) is 0 Å². The molecule has 0 N–H and O–H groups in total. The molecule has 1 nitrogen and oxygen atoms in total. The normalized spacial score (nSPS) is 12.6. The van der Waals surface area contributed by atoms with Gasteiger partial charge in [0.15, 0.2) is 0 Å². The minimum atomic E-state index is 0.728. The van der Waals surface area contributed by atoms with E-state index in [0.717, 1.165) is 17.8 Å². The Bertz CT molecular complexity index is 311. The largest absolute Gasteiger partial charge is 0.374 e. The molecule has 0 bridgehead atoms. The summed E-state index contributed by atoms with van der Waals surface area (Å²) < 4.78 is 0. The number of rotatable bonds is 5. The molecule has 0 aliphatic rings. The summed E-state index contributed by atoms with van der Waals surface area (Å²) in [5.74, 6) is 0.728. The van der Waals surface area contributed by atoms with E-state index >= 15 is 0 Å². The first-order chi connectivity index (χ1) is 7.56. The van der Waals surface area contributed by atoms with E-state index in [9.17, 15) is 0 Å². The highest BCUT2D eigenvalue weighted by Crippen LogP contribution is 2.19. The molecule has 16 heavy (non-hydrogen) atoms. The summed E-state index contributed by atoms with van der Waals surface area (Å²) in [6.07, 6.45) is 1.22. The molecule has 1 aromatic rings. The highest BCUT2D eigenvalue weighted by Gasteiger charge is 2.09. The van der Waals surface area contributed by atoms with Crippen LogP contribution in [0.2, 0.25) is 0 Å². The first-order valence-corrected chi connectivity index (χ1v) is 7.04. The lowest BCUT2D eigenvalue weighted by Crippen LogP contribution is -2.26. The van der Waals surface area contributed by atoms with Crippen LogP contribution in [0, 0.1) is 19.8 Å². The Balaban J connectivity index is 2.75. The summed E-state index contributed by atoms with van der Waals surface area (Å²) in [5, 5.41) is 1.08. The van der Waals surface area contributed by atoms with E-state index in [-0.39, 0.29) is 0 Å². The third kappa shape index (κ3) is 3.82. The van der Waals surface area contributed by atoms with Crippen molar-refractivity contribution in [2.75, 3.05) is 23.8 Å². The van der Waals surface area contributed by atoms with Crippen molar-refractivity contribution in [3.63, 3.8) is 0 Å². The van der Waals surface area contributed by atoms with E-state index in [4.69, 9.17) is 0 Å². The van der Waals surface area contributed by atoms with Gasteiger partial charge in [-0.15, -0.1) is 0 Å². The van der Waals surface area contributed by atoms with Crippen molar-refractivity contribution in [3.8, 4) is 0 Å². The van der Waals surface area contributed by atoms with Crippen molar-refractivity contribution < 1.29 is 0 Å². The minimum absolute atomic E-state index is 0.728. The van der Waals surface area contributed by atoms with E-state index in [2.05, 4.69) is 66.8 Å². The van der Waals surface area contributed by atoms with E-state index in [0.29, 0.717) is 0 Å². The summed E-state index contributed by atoms with van der Waals surface area (Å²) in [6.45, 7) is 7.68. The van der Waals surface area contributed by atoms with Gasteiger partial charge < -0.3 is 4.90 Å². The van der Waals surface area contributed by atoms with Gasteiger partial charge in [0.1, 0.15) is 0 Å². The van der Waals surface area contributed by atoms with E-state index in [1.54, 1.807) is 0 Å². The average Bonchev–Trinajstić information content (AvgIpc) is 2.24. The molecule has 0 saturated heterocycles. The topological polar surface area (TPSA) is 3.24 Å². The van der Waals surface area contributed by atoms with Crippen molar-refractivity contribution in [2.45, 2.75) is 27.2 Å². The molecule has 0 aliphatic carbocycles. The van der Waals surface area contributed by atoms with Crippen LogP contribution in [0.15, 0.2) is 18.2 Å². The van der Waals surface area contributed by atoms with Gasteiger partial charge in [-0.05, 0) is 43.0 Å². The number of halogens is 1. The lowest BCUT2D eigenvalue weighted by atomic mass is 10.1. The van der Waals surface area contributed by atoms with Crippen LogP contribution in [0.3, 0.4) is 0 Å². The molecule has 0 aromatic heterocycles. The standard InChI is InChI=1S/C14H22BrN/c1-5-13(9-15)10-16(4)14-7-11(2)6-12(3)8-14/h6-8,13H,5,9-10H2,1-4H3. The number of anilines is 1. The van der Waals surface area contributed by atoms with Crippen molar-refractivity contribution in [1.29, 1.82) is 0 Å². The fraction of sp³-hybridized carbons (Fsp3) is 0.571. The third-order valence-electron chi connectivity index (χ3n) is 2.97. The van der Waals surface area contributed by atoms with Gasteiger partial charge in [-0.3, -0.25) is 0 Å². The molecule has 1 aromatic carbocycles. The molecule has 0 spiro atoms. The van der Waals surface area contributed by atoms with Crippen molar-refractivity contribution in [3.05, 3.63) is 29.3 Å². The molecule has 0 fully saturated rings. The van der Waals surface area contributed by atoms with Crippen molar-refractivity contribution in [2.24, 2.45) is 5.92 Å². The van der Waals surface area contributed by atoms with Crippen LogP contribution in [0.4, 0.5) is 5.69 Å². The molecule has 1 unspecified atom stereocenters. The fourth-order valence-corrected chi connectivity index (χ4v) is 2.61. The lowest BCUT2D eigenvalue weighted by Gasteiger charge is -2.24. The molecule has 1 rings (SSSR count). The molecule has 0 amide bonds. The van der Waals surface area contributed by atoms with Crippen LogP contribution in [0.1, 0.15) is 24.5 Å². The maximum absolute atomic E-state index is 3.58. The van der Waals surface area contributed by atoms with Gasteiger partial charge in [-0.2, -0.15) is 0 Å². The summed E-state index contributed by atoms with van der Waals surface area (Å²) in [4.78, 5) is 2.36. The van der Waals surface area contributed by atoms with Gasteiger partial charge in [0, 0.05) is 24.6 Å². The molecule has 0 saturated carbocycles. The Morgan fingerprint density at radius 3 is 2.19 bits per heavy atom. The van der Waals surface area contributed by atoms with Gasteiger partial charge in [0.05, 0.1) is 0 Å². The van der Waals surface area contributed by atoms with Crippen LogP contribution >= 0.6 is 15.9 Å². The summed E-state index contributed by atoms with van der Waals surface area (Å²) in [7, 11) is 2.18. The van der Waals surface area contributed by atoms with Crippen LogP contribution in [-0.4, -0.2) is 18.9 Å². The zero-order valence-electron chi connectivity index (χ0n) is 10.8. The van der Waals surface area contributed by atoms with Gasteiger partial charge in [0.25, 0.3) is 0 Å². The quantitative estimate of drug-likeness (QED) is 0.734. The Morgan fingerprint density at radius 2 is 1.75 bits per heavy atom. The number of nitrogens with zero attached hydrogens (tertiary/aromatic N) is 1. The molecule has 90 valence electrons. The molecular formula is C14H22BrN. The second-order valence-electron chi connectivity index (χ2n) is 4.66. The summed E-state index contributed by atoms with van der Waals surface area (Å²) in [5.41, 5.74) is 4.01. The van der Waals surface area contributed by atoms with Crippen LogP contribution < -0.4 is 4.90 Å². The van der Waals surface area contributed by atoms with Gasteiger partial charge >= 0.3 is 0 Å².